The van der Waals surface area contributed by atoms with E-state index in [0.29, 0.717) is 11.4 Å². The van der Waals surface area contributed by atoms with Gasteiger partial charge in [0.25, 0.3) is 0 Å². The van der Waals surface area contributed by atoms with Crippen LogP contribution in [0.2, 0.25) is 0 Å². The predicted molar refractivity (Wildman–Crippen MR) is 110 cm³/mol. The highest BCUT2D eigenvalue weighted by Gasteiger charge is 2.20. The van der Waals surface area contributed by atoms with Crippen molar-refractivity contribution in [3.8, 4) is 0 Å². The van der Waals surface area contributed by atoms with E-state index in [9.17, 15) is 18.4 Å². The van der Waals surface area contributed by atoms with Gasteiger partial charge >= 0.3 is 6.03 Å². The average Bonchev–Trinajstić information content (AvgIpc) is 2.74. The number of benzene rings is 2. The predicted octanol–water partition coefficient (Wildman–Crippen LogP) is 4.10. The Labute approximate surface area is 172 Å². The van der Waals surface area contributed by atoms with Crippen LogP contribution in [0.5, 0.6) is 0 Å². The number of urea groups is 1. The molecule has 0 spiro atoms. The lowest BCUT2D eigenvalue weighted by atomic mass is 10.2. The van der Waals surface area contributed by atoms with Crippen LogP contribution in [-0.2, 0) is 11.3 Å². The van der Waals surface area contributed by atoms with Crippen molar-refractivity contribution in [3.63, 3.8) is 0 Å². The highest BCUT2D eigenvalue weighted by atomic mass is 19.1. The van der Waals surface area contributed by atoms with E-state index in [2.05, 4.69) is 15.6 Å². The third-order valence-corrected chi connectivity index (χ3v) is 4.20. The fraction of sp³-hybridized carbons (Fsp3) is 0.136. The van der Waals surface area contributed by atoms with Gasteiger partial charge in [0.15, 0.2) is 0 Å². The minimum absolute atomic E-state index is 0.0123. The summed E-state index contributed by atoms with van der Waals surface area (Å²) in [4.78, 5) is 30.1. The molecule has 8 heteroatoms. The van der Waals surface area contributed by atoms with Gasteiger partial charge in [0.1, 0.15) is 11.6 Å². The monoisotopic (exact) mass is 410 g/mol. The normalized spacial score (nSPS) is 10.3. The molecular formula is C22H20F2N4O2. The number of aromatic nitrogens is 1. The maximum absolute atomic E-state index is 14.3. The minimum atomic E-state index is -0.853. The summed E-state index contributed by atoms with van der Waals surface area (Å²) < 4.78 is 27.6. The van der Waals surface area contributed by atoms with Crippen molar-refractivity contribution < 1.29 is 18.4 Å². The molecule has 2 aromatic carbocycles. The van der Waals surface area contributed by atoms with Gasteiger partial charge in [-0.25, -0.2) is 13.6 Å². The number of nitrogens with one attached hydrogen (secondary N) is 2. The minimum Gasteiger partial charge on any atom is -0.337 e. The van der Waals surface area contributed by atoms with Crippen molar-refractivity contribution >= 4 is 23.3 Å². The molecule has 3 amide bonds. The number of halogens is 2. The van der Waals surface area contributed by atoms with E-state index in [1.165, 1.54) is 11.0 Å². The van der Waals surface area contributed by atoms with Gasteiger partial charge in [-0.2, -0.15) is 0 Å². The molecule has 0 radical (unpaired) electrons. The Kier molecular flexibility index (Phi) is 7.05. The quantitative estimate of drug-likeness (QED) is 0.616. The van der Waals surface area contributed by atoms with Gasteiger partial charge in [-0.3, -0.25) is 9.78 Å². The lowest BCUT2D eigenvalue weighted by molar-refractivity contribution is -0.118. The summed E-state index contributed by atoms with van der Waals surface area (Å²) in [7, 11) is 0. The van der Waals surface area contributed by atoms with Crippen LogP contribution in [0.25, 0.3) is 0 Å². The molecule has 0 saturated carbocycles. The smallest absolute Gasteiger partial charge is 0.319 e. The number of carbonyl (C=O) groups excluding carboxylic acids is 2. The van der Waals surface area contributed by atoms with E-state index in [-0.39, 0.29) is 25.2 Å². The fourth-order valence-electron chi connectivity index (χ4n) is 2.78. The standard InChI is InChI=1S/C22H20F2N4O2/c23-16-9-10-20(19(24)14-16)28(15-18-8-4-5-12-25-18)21(29)11-13-26-22(30)27-17-6-2-1-3-7-17/h1-10,12,14H,11,13,15H2,(H2,26,27,30). The molecule has 0 aliphatic heterocycles. The van der Waals surface area contributed by atoms with Crippen LogP contribution in [0.3, 0.4) is 0 Å². The number of amides is 3. The molecule has 1 aromatic heterocycles. The third-order valence-electron chi connectivity index (χ3n) is 4.20. The van der Waals surface area contributed by atoms with Gasteiger partial charge in [-0.15, -0.1) is 0 Å². The van der Waals surface area contributed by atoms with Crippen molar-refractivity contribution in [2.24, 2.45) is 0 Å². The average molecular weight is 410 g/mol. The van der Waals surface area contributed by atoms with Crippen LogP contribution in [0.15, 0.2) is 72.9 Å². The Morgan fingerprint density at radius 2 is 1.73 bits per heavy atom. The van der Waals surface area contributed by atoms with Crippen molar-refractivity contribution in [3.05, 3.63) is 90.3 Å². The molecule has 0 bridgehead atoms. The summed E-state index contributed by atoms with van der Waals surface area (Å²) in [6, 6.07) is 16.6. The first-order valence-corrected chi connectivity index (χ1v) is 9.28. The molecule has 154 valence electrons. The number of anilines is 2. The second-order valence-corrected chi connectivity index (χ2v) is 6.39. The number of hydrogen-bond acceptors (Lipinski definition) is 3. The zero-order valence-corrected chi connectivity index (χ0v) is 16.0. The summed E-state index contributed by atoms with van der Waals surface area (Å²) in [5.41, 5.74) is 1.11. The molecule has 0 unspecified atom stereocenters. The van der Waals surface area contributed by atoms with Crippen molar-refractivity contribution in [1.82, 2.24) is 10.3 Å². The Morgan fingerprint density at radius 1 is 0.967 bits per heavy atom. The number of rotatable bonds is 7. The van der Waals surface area contributed by atoms with Gasteiger partial charge in [-0.05, 0) is 36.4 Å². The lowest BCUT2D eigenvalue weighted by Gasteiger charge is -2.23. The van der Waals surface area contributed by atoms with Gasteiger partial charge in [0.2, 0.25) is 5.91 Å². The van der Waals surface area contributed by atoms with Gasteiger partial charge in [0.05, 0.1) is 17.9 Å². The number of pyridine rings is 1. The summed E-state index contributed by atoms with van der Waals surface area (Å²) in [6.45, 7) is 0.0530. The van der Waals surface area contributed by atoms with Crippen molar-refractivity contribution in [2.45, 2.75) is 13.0 Å². The highest BCUT2D eigenvalue weighted by molar-refractivity contribution is 5.94. The topological polar surface area (TPSA) is 74.3 Å². The Bertz CT molecular complexity index is 1000. The van der Waals surface area contributed by atoms with Gasteiger partial charge in [0, 0.05) is 30.9 Å². The first-order valence-electron chi connectivity index (χ1n) is 9.28. The maximum Gasteiger partial charge on any atom is 0.319 e. The van der Waals surface area contributed by atoms with E-state index in [4.69, 9.17) is 0 Å². The zero-order chi connectivity index (χ0) is 21.3. The number of carbonyl (C=O) groups is 2. The van der Waals surface area contributed by atoms with E-state index in [1.54, 1.807) is 48.7 Å². The van der Waals surface area contributed by atoms with E-state index >= 15 is 0 Å². The zero-order valence-electron chi connectivity index (χ0n) is 16.0. The molecule has 6 nitrogen and oxygen atoms in total. The van der Waals surface area contributed by atoms with Crippen LogP contribution in [-0.4, -0.2) is 23.5 Å². The summed E-state index contributed by atoms with van der Waals surface area (Å²) >= 11 is 0. The SMILES string of the molecule is O=C(NCCC(=O)N(Cc1ccccn1)c1ccc(F)cc1F)Nc1ccccc1. The van der Waals surface area contributed by atoms with Crippen LogP contribution >= 0.6 is 0 Å². The first-order chi connectivity index (χ1) is 14.5. The molecule has 3 aromatic rings. The van der Waals surface area contributed by atoms with E-state index < -0.39 is 23.6 Å². The molecule has 0 aliphatic carbocycles. The summed E-state index contributed by atoms with van der Waals surface area (Å²) in [5, 5.41) is 5.23. The van der Waals surface area contributed by atoms with Crippen molar-refractivity contribution in [1.29, 1.82) is 0 Å². The van der Waals surface area contributed by atoms with Crippen LogP contribution < -0.4 is 15.5 Å². The molecule has 30 heavy (non-hydrogen) atoms. The molecule has 1 heterocycles. The summed E-state index contributed by atoms with van der Waals surface area (Å²) in [6.07, 6.45) is 1.49. The second-order valence-electron chi connectivity index (χ2n) is 6.39. The summed E-state index contributed by atoms with van der Waals surface area (Å²) in [5.74, 6) is -2.03. The molecule has 0 aliphatic rings. The molecule has 0 saturated heterocycles. The fourth-order valence-corrected chi connectivity index (χ4v) is 2.78. The van der Waals surface area contributed by atoms with Gasteiger partial charge in [-0.1, -0.05) is 24.3 Å². The Hall–Kier alpha value is -3.81. The Balaban J connectivity index is 1.65. The highest BCUT2D eigenvalue weighted by Crippen LogP contribution is 2.22. The Morgan fingerprint density at radius 3 is 2.43 bits per heavy atom. The van der Waals surface area contributed by atoms with E-state index in [0.717, 1.165) is 12.1 Å². The maximum atomic E-state index is 14.3. The second kappa shape index (κ2) is 10.1. The number of para-hydroxylation sites is 1. The molecule has 0 atom stereocenters. The molecule has 0 fully saturated rings. The third kappa shape index (κ3) is 5.84. The van der Waals surface area contributed by atoms with Crippen LogP contribution in [0.1, 0.15) is 12.1 Å². The molecule has 2 N–H and O–H groups in total. The largest absolute Gasteiger partial charge is 0.337 e. The van der Waals surface area contributed by atoms with Crippen LogP contribution in [0.4, 0.5) is 25.0 Å². The first kappa shape index (κ1) is 20.9. The molecular weight excluding hydrogens is 390 g/mol. The van der Waals surface area contributed by atoms with Crippen LogP contribution in [0, 0.1) is 11.6 Å². The number of nitrogens with zero attached hydrogens (tertiary/aromatic N) is 2. The molecule has 3 rings (SSSR count). The lowest BCUT2D eigenvalue weighted by Crippen LogP contribution is -2.36. The van der Waals surface area contributed by atoms with E-state index in [1.807, 2.05) is 6.07 Å². The van der Waals surface area contributed by atoms with Gasteiger partial charge < -0.3 is 15.5 Å². The number of hydrogen-bond donors (Lipinski definition) is 2. The van der Waals surface area contributed by atoms with Crippen molar-refractivity contribution in [2.75, 3.05) is 16.8 Å².